The number of rotatable bonds is 1. The molecule has 3 nitrogen and oxygen atoms in total. The molecule has 0 spiro atoms. The lowest BCUT2D eigenvalue weighted by Crippen LogP contribution is -2.24. The van der Waals surface area contributed by atoms with Crippen molar-refractivity contribution in [3.63, 3.8) is 0 Å². The molecule has 1 aliphatic heterocycles. The molecule has 1 amide bonds. The van der Waals surface area contributed by atoms with Gasteiger partial charge in [-0.25, -0.2) is 0 Å². The lowest BCUT2D eigenvalue weighted by Gasteiger charge is -2.11. The van der Waals surface area contributed by atoms with Crippen LogP contribution in [0.1, 0.15) is 20.3 Å². The number of carbonyl (C=O) groups is 1. The van der Waals surface area contributed by atoms with Crippen molar-refractivity contribution in [2.24, 2.45) is 11.8 Å². The van der Waals surface area contributed by atoms with Gasteiger partial charge in [0.05, 0.1) is 22.9 Å². The second-order valence-corrected chi connectivity index (χ2v) is 4.26. The molecule has 0 aromatic rings. The van der Waals surface area contributed by atoms with Crippen LogP contribution >= 0.6 is 22.9 Å². The minimum atomic E-state index is -0.574. The summed E-state index contributed by atoms with van der Waals surface area (Å²) in [6.45, 7) is 4.01. The van der Waals surface area contributed by atoms with Crippen LogP contribution in [0.15, 0.2) is 0 Å². The minimum absolute atomic E-state index is 0.0156. The normalized spacial score (nSPS) is 32.1. The van der Waals surface area contributed by atoms with Gasteiger partial charge in [-0.3, -0.25) is 7.91 Å². The van der Waals surface area contributed by atoms with Crippen LogP contribution in [0.4, 0.5) is 0 Å². The number of hydrogen-bond donors (Lipinski definition) is 1. The van der Waals surface area contributed by atoms with Gasteiger partial charge in [0.1, 0.15) is 6.23 Å². The van der Waals surface area contributed by atoms with E-state index >= 15 is 0 Å². The fraction of sp³-hybridized carbons (Fsp3) is 0.857. The first-order valence-electron chi connectivity index (χ1n) is 3.71. The summed E-state index contributed by atoms with van der Waals surface area (Å²) in [7, 11) is 0. The highest BCUT2D eigenvalue weighted by Crippen LogP contribution is 2.31. The maximum absolute atomic E-state index is 11.3. The molecule has 2 unspecified atom stereocenters. The standard InChI is InChI=1S/C7H12INO2/c1-4(2)5-3-6(10)9(8)7(5)11/h4-6,10H,3H2,1-2H3. The highest BCUT2D eigenvalue weighted by molar-refractivity contribution is 14.1. The first-order valence-corrected chi connectivity index (χ1v) is 4.67. The van der Waals surface area contributed by atoms with E-state index in [1.807, 2.05) is 36.7 Å². The molecular weight excluding hydrogens is 257 g/mol. The van der Waals surface area contributed by atoms with Crippen molar-refractivity contribution in [1.29, 1.82) is 0 Å². The second-order valence-electron chi connectivity index (χ2n) is 3.22. The van der Waals surface area contributed by atoms with E-state index in [-0.39, 0.29) is 11.8 Å². The third-order valence-corrected chi connectivity index (χ3v) is 3.18. The Hall–Kier alpha value is 0.160. The molecule has 0 aliphatic carbocycles. The van der Waals surface area contributed by atoms with Crippen LogP contribution in [0.25, 0.3) is 0 Å². The molecule has 1 heterocycles. The van der Waals surface area contributed by atoms with Gasteiger partial charge in [-0.2, -0.15) is 0 Å². The Balaban J connectivity index is 2.67. The maximum atomic E-state index is 11.3. The SMILES string of the molecule is CC(C)C1CC(O)N(I)C1=O. The van der Waals surface area contributed by atoms with Crippen molar-refractivity contribution >= 4 is 28.8 Å². The summed E-state index contributed by atoms with van der Waals surface area (Å²) in [5, 5.41) is 9.28. The Morgan fingerprint density at radius 2 is 2.27 bits per heavy atom. The van der Waals surface area contributed by atoms with Crippen molar-refractivity contribution in [3.05, 3.63) is 0 Å². The number of aliphatic hydroxyl groups is 1. The summed E-state index contributed by atoms with van der Waals surface area (Å²) in [6, 6.07) is 0. The zero-order valence-electron chi connectivity index (χ0n) is 6.62. The summed E-state index contributed by atoms with van der Waals surface area (Å²) in [6.07, 6.45) is 0.00917. The maximum Gasteiger partial charge on any atom is 0.236 e. The molecule has 0 aromatic carbocycles. The van der Waals surface area contributed by atoms with Gasteiger partial charge in [-0.05, 0) is 5.92 Å². The fourth-order valence-corrected chi connectivity index (χ4v) is 1.87. The summed E-state index contributed by atoms with van der Waals surface area (Å²) in [5.41, 5.74) is 0. The molecule has 1 rings (SSSR count). The van der Waals surface area contributed by atoms with Gasteiger partial charge in [0, 0.05) is 12.3 Å². The van der Waals surface area contributed by atoms with Gasteiger partial charge in [-0.15, -0.1) is 0 Å². The minimum Gasteiger partial charge on any atom is -0.373 e. The summed E-state index contributed by atoms with van der Waals surface area (Å²) in [5.74, 6) is 0.409. The number of aliphatic hydroxyl groups excluding tert-OH is 1. The number of hydrogen-bond acceptors (Lipinski definition) is 2. The molecule has 1 saturated heterocycles. The zero-order valence-corrected chi connectivity index (χ0v) is 8.78. The number of halogens is 1. The van der Waals surface area contributed by atoms with Crippen LogP contribution in [0.5, 0.6) is 0 Å². The summed E-state index contributed by atoms with van der Waals surface area (Å²) in [4.78, 5) is 11.3. The van der Waals surface area contributed by atoms with Gasteiger partial charge in [0.15, 0.2) is 0 Å². The van der Waals surface area contributed by atoms with Crippen molar-refractivity contribution < 1.29 is 9.90 Å². The van der Waals surface area contributed by atoms with E-state index in [0.717, 1.165) is 0 Å². The molecule has 1 fully saturated rings. The van der Waals surface area contributed by atoms with Crippen LogP contribution in [0.2, 0.25) is 0 Å². The first kappa shape index (κ1) is 9.25. The smallest absolute Gasteiger partial charge is 0.236 e. The van der Waals surface area contributed by atoms with Crippen LogP contribution in [-0.2, 0) is 4.79 Å². The van der Waals surface area contributed by atoms with E-state index in [4.69, 9.17) is 0 Å². The average molecular weight is 269 g/mol. The van der Waals surface area contributed by atoms with Crippen molar-refractivity contribution in [3.8, 4) is 0 Å². The van der Waals surface area contributed by atoms with Gasteiger partial charge in [0.2, 0.25) is 5.91 Å². The van der Waals surface area contributed by atoms with Crippen molar-refractivity contribution in [1.82, 2.24) is 3.11 Å². The predicted octanol–water partition coefficient (Wildman–Crippen LogP) is 1.16. The quantitative estimate of drug-likeness (QED) is 0.573. The molecular formula is C7H12INO2. The third-order valence-electron chi connectivity index (χ3n) is 2.06. The second kappa shape index (κ2) is 3.26. The highest BCUT2D eigenvalue weighted by atomic mass is 127. The van der Waals surface area contributed by atoms with E-state index in [1.165, 1.54) is 3.11 Å². The lowest BCUT2D eigenvalue weighted by atomic mass is 9.94. The molecule has 0 aromatic heterocycles. The first-order chi connectivity index (χ1) is 5.04. The lowest BCUT2D eigenvalue weighted by molar-refractivity contribution is -0.128. The predicted molar refractivity (Wildman–Crippen MR) is 49.8 cm³/mol. The van der Waals surface area contributed by atoms with Gasteiger partial charge in [0.25, 0.3) is 0 Å². The van der Waals surface area contributed by atoms with Crippen molar-refractivity contribution in [2.75, 3.05) is 0 Å². The van der Waals surface area contributed by atoms with Crippen LogP contribution in [0.3, 0.4) is 0 Å². The molecule has 11 heavy (non-hydrogen) atoms. The summed E-state index contributed by atoms with van der Waals surface area (Å²) >= 11 is 1.87. The Morgan fingerprint density at radius 3 is 2.45 bits per heavy atom. The monoisotopic (exact) mass is 269 g/mol. The topological polar surface area (TPSA) is 40.5 Å². The van der Waals surface area contributed by atoms with Crippen LogP contribution in [-0.4, -0.2) is 20.4 Å². The average Bonchev–Trinajstić information content (AvgIpc) is 2.17. The van der Waals surface area contributed by atoms with Gasteiger partial charge < -0.3 is 5.11 Å². The molecule has 64 valence electrons. The molecule has 1 aliphatic rings. The molecule has 0 saturated carbocycles. The Bertz CT molecular complexity index is 172. The van der Waals surface area contributed by atoms with Gasteiger partial charge >= 0.3 is 0 Å². The number of nitrogens with zero attached hydrogens (tertiary/aromatic N) is 1. The van der Waals surface area contributed by atoms with E-state index < -0.39 is 6.23 Å². The van der Waals surface area contributed by atoms with E-state index in [0.29, 0.717) is 12.3 Å². The third kappa shape index (κ3) is 1.66. The largest absolute Gasteiger partial charge is 0.373 e. The van der Waals surface area contributed by atoms with Gasteiger partial charge in [-0.1, -0.05) is 13.8 Å². The Labute approximate surface area is 80.3 Å². The fourth-order valence-electron chi connectivity index (χ4n) is 1.28. The Kier molecular flexibility index (Phi) is 2.74. The number of amides is 1. The van der Waals surface area contributed by atoms with E-state index in [9.17, 15) is 9.90 Å². The molecule has 1 N–H and O–H groups in total. The van der Waals surface area contributed by atoms with Crippen LogP contribution in [0, 0.1) is 11.8 Å². The molecule has 2 atom stereocenters. The molecule has 0 bridgehead atoms. The van der Waals surface area contributed by atoms with E-state index in [1.54, 1.807) is 0 Å². The van der Waals surface area contributed by atoms with Crippen molar-refractivity contribution in [2.45, 2.75) is 26.5 Å². The molecule has 4 heteroatoms. The van der Waals surface area contributed by atoms with Crippen LogP contribution < -0.4 is 0 Å². The number of carbonyl (C=O) groups excluding carboxylic acids is 1. The highest BCUT2D eigenvalue weighted by Gasteiger charge is 2.38. The summed E-state index contributed by atoms with van der Waals surface area (Å²) < 4.78 is 1.39. The zero-order chi connectivity index (χ0) is 8.59. The molecule has 0 radical (unpaired) electrons. The Morgan fingerprint density at radius 1 is 1.73 bits per heavy atom. The van der Waals surface area contributed by atoms with E-state index in [2.05, 4.69) is 0 Å².